The van der Waals surface area contributed by atoms with Crippen molar-refractivity contribution in [1.82, 2.24) is 0 Å². The van der Waals surface area contributed by atoms with E-state index >= 15 is 0 Å². The number of hydrogen-bond acceptors (Lipinski definition) is 5. The number of carboxylic acids is 2. The second-order valence-electron chi connectivity index (χ2n) is 4.55. The van der Waals surface area contributed by atoms with Crippen molar-refractivity contribution in [3.8, 4) is 5.75 Å². The second-order valence-corrected chi connectivity index (χ2v) is 4.55. The van der Waals surface area contributed by atoms with Gasteiger partial charge in [0.2, 0.25) is 0 Å². The smallest absolute Gasteiger partial charge is 0.335 e. The molecule has 0 unspecified atom stereocenters. The maximum atomic E-state index is 11.0. The standard InChI is InChI=1S/C16H14N2O5/c1-23-14-4-2-10(3-5-14)9-17-18-13-7-11(15(19)20)6-12(8-13)16(21)22/h2-9,18H,1H3,(H,19,20)(H,21,22). The summed E-state index contributed by atoms with van der Waals surface area (Å²) in [5.41, 5.74) is 3.43. The van der Waals surface area contributed by atoms with Gasteiger partial charge in [-0.05, 0) is 48.0 Å². The average molecular weight is 314 g/mol. The van der Waals surface area contributed by atoms with E-state index in [2.05, 4.69) is 10.5 Å². The van der Waals surface area contributed by atoms with Crippen LogP contribution in [0.15, 0.2) is 47.6 Å². The van der Waals surface area contributed by atoms with Gasteiger partial charge in [-0.2, -0.15) is 5.10 Å². The molecule has 0 saturated carbocycles. The summed E-state index contributed by atoms with van der Waals surface area (Å²) >= 11 is 0. The molecule has 0 aromatic heterocycles. The van der Waals surface area contributed by atoms with Gasteiger partial charge in [-0.25, -0.2) is 9.59 Å². The number of rotatable bonds is 6. The van der Waals surface area contributed by atoms with E-state index in [0.717, 1.165) is 17.4 Å². The highest BCUT2D eigenvalue weighted by atomic mass is 16.5. The van der Waals surface area contributed by atoms with Crippen LogP contribution in [-0.2, 0) is 0 Å². The van der Waals surface area contributed by atoms with Crippen LogP contribution < -0.4 is 10.2 Å². The van der Waals surface area contributed by atoms with Gasteiger partial charge in [-0.1, -0.05) is 0 Å². The summed E-state index contributed by atoms with van der Waals surface area (Å²) < 4.78 is 5.04. The molecule has 2 aromatic carbocycles. The van der Waals surface area contributed by atoms with Gasteiger partial charge in [-0.15, -0.1) is 0 Å². The molecule has 0 aliphatic carbocycles. The second kappa shape index (κ2) is 7.08. The van der Waals surface area contributed by atoms with Crippen LogP contribution in [0.3, 0.4) is 0 Å². The molecule has 7 heteroatoms. The van der Waals surface area contributed by atoms with Gasteiger partial charge >= 0.3 is 11.9 Å². The van der Waals surface area contributed by atoms with Crippen LogP contribution in [0.2, 0.25) is 0 Å². The first kappa shape index (κ1) is 16.0. The van der Waals surface area contributed by atoms with Crippen LogP contribution in [0, 0.1) is 0 Å². The lowest BCUT2D eigenvalue weighted by molar-refractivity contribution is 0.0696. The van der Waals surface area contributed by atoms with Crippen molar-refractivity contribution in [2.45, 2.75) is 0 Å². The van der Waals surface area contributed by atoms with E-state index in [0.29, 0.717) is 0 Å². The minimum atomic E-state index is -1.21. The highest BCUT2D eigenvalue weighted by Crippen LogP contribution is 2.16. The minimum absolute atomic E-state index is 0.132. The number of aromatic carboxylic acids is 2. The molecular formula is C16H14N2O5. The molecule has 2 rings (SSSR count). The highest BCUT2D eigenvalue weighted by Gasteiger charge is 2.11. The fraction of sp³-hybridized carbons (Fsp3) is 0.0625. The number of nitrogens with one attached hydrogen (secondary N) is 1. The number of anilines is 1. The third kappa shape index (κ3) is 4.31. The van der Waals surface area contributed by atoms with Crippen molar-refractivity contribution in [1.29, 1.82) is 0 Å². The number of nitrogens with zero attached hydrogens (tertiary/aromatic N) is 1. The molecule has 23 heavy (non-hydrogen) atoms. The molecular weight excluding hydrogens is 300 g/mol. The predicted octanol–water partition coefficient (Wildman–Crippen LogP) is 2.54. The number of benzene rings is 2. The third-order valence-electron chi connectivity index (χ3n) is 2.95. The number of methoxy groups -OCH3 is 1. The summed E-state index contributed by atoms with van der Waals surface area (Å²) in [4.78, 5) is 22.0. The molecule has 0 heterocycles. The Kier molecular flexibility index (Phi) is 4.93. The van der Waals surface area contributed by atoms with Crippen LogP contribution >= 0.6 is 0 Å². The van der Waals surface area contributed by atoms with Crippen LogP contribution in [0.4, 0.5) is 5.69 Å². The number of carboxylic acid groups (broad SMARTS) is 2. The lowest BCUT2D eigenvalue weighted by Gasteiger charge is -2.04. The summed E-state index contributed by atoms with van der Waals surface area (Å²) in [6.07, 6.45) is 1.52. The minimum Gasteiger partial charge on any atom is -0.497 e. The molecule has 3 N–H and O–H groups in total. The summed E-state index contributed by atoms with van der Waals surface area (Å²) in [5, 5.41) is 22.0. The Morgan fingerprint density at radius 3 is 2.09 bits per heavy atom. The molecule has 2 aromatic rings. The Hall–Kier alpha value is -3.35. The highest BCUT2D eigenvalue weighted by molar-refractivity contribution is 5.95. The van der Waals surface area contributed by atoms with Gasteiger partial charge in [0, 0.05) is 0 Å². The Labute approximate surface area is 131 Å². The lowest BCUT2D eigenvalue weighted by atomic mass is 10.1. The molecule has 7 nitrogen and oxygen atoms in total. The van der Waals surface area contributed by atoms with Crippen molar-refractivity contribution >= 4 is 23.8 Å². The average Bonchev–Trinajstić information content (AvgIpc) is 2.55. The predicted molar refractivity (Wildman–Crippen MR) is 84.6 cm³/mol. The van der Waals surface area contributed by atoms with Crippen LogP contribution in [-0.4, -0.2) is 35.5 Å². The Bertz CT molecular complexity index is 721. The first-order valence-corrected chi connectivity index (χ1v) is 6.54. The fourth-order valence-electron chi connectivity index (χ4n) is 1.81. The van der Waals surface area contributed by atoms with Gasteiger partial charge in [0.15, 0.2) is 0 Å². The van der Waals surface area contributed by atoms with Crippen molar-refractivity contribution < 1.29 is 24.5 Å². The zero-order valence-electron chi connectivity index (χ0n) is 12.2. The topological polar surface area (TPSA) is 108 Å². The summed E-state index contributed by atoms with van der Waals surface area (Å²) in [7, 11) is 1.57. The molecule has 0 radical (unpaired) electrons. The molecule has 0 spiro atoms. The SMILES string of the molecule is COc1ccc(C=NNc2cc(C(=O)O)cc(C(=O)O)c2)cc1. The maximum absolute atomic E-state index is 11.0. The van der Waals surface area contributed by atoms with E-state index in [-0.39, 0.29) is 16.8 Å². The van der Waals surface area contributed by atoms with Crippen LogP contribution in [0.25, 0.3) is 0 Å². The van der Waals surface area contributed by atoms with E-state index in [1.54, 1.807) is 31.4 Å². The van der Waals surface area contributed by atoms with Crippen LogP contribution in [0.1, 0.15) is 26.3 Å². The largest absolute Gasteiger partial charge is 0.497 e. The molecule has 0 aliphatic heterocycles. The summed E-state index contributed by atoms with van der Waals surface area (Å²) in [5.74, 6) is -1.71. The maximum Gasteiger partial charge on any atom is 0.335 e. The fourth-order valence-corrected chi connectivity index (χ4v) is 1.81. The molecule has 0 amide bonds. The Morgan fingerprint density at radius 1 is 1.04 bits per heavy atom. The van der Waals surface area contributed by atoms with E-state index in [9.17, 15) is 9.59 Å². The molecule has 118 valence electrons. The summed E-state index contributed by atoms with van der Waals surface area (Å²) in [6.45, 7) is 0. The molecule has 0 saturated heterocycles. The first-order valence-electron chi connectivity index (χ1n) is 6.54. The van der Waals surface area contributed by atoms with Gasteiger partial charge in [0.25, 0.3) is 0 Å². The van der Waals surface area contributed by atoms with E-state index in [4.69, 9.17) is 14.9 Å². The lowest BCUT2D eigenvalue weighted by Crippen LogP contribution is -2.04. The van der Waals surface area contributed by atoms with Crippen molar-refractivity contribution in [2.75, 3.05) is 12.5 Å². The Morgan fingerprint density at radius 2 is 1.61 bits per heavy atom. The Balaban J connectivity index is 2.16. The normalized spacial score (nSPS) is 10.5. The molecule has 0 aliphatic rings. The summed E-state index contributed by atoms with van der Waals surface area (Å²) in [6, 6.07) is 10.8. The van der Waals surface area contributed by atoms with Gasteiger partial charge in [0.1, 0.15) is 5.75 Å². The van der Waals surface area contributed by atoms with Crippen molar-refractivity contribution in [3.63, 3.8) is 0 Å². The third-order valence-corrected chi connectivity index (χ3v) is 2.95. The van der Waals surface area contributed by atoms with Crippen molar-refractivity contribution in [3.05, 3.63) is 59.2 Å². The number of hydrazone groups is 1. The molecule has 0 bridgehead atoms. The molecule has 0 fully saturated rings. The quantitative estimate of drug-likeness (QED) is 0.558. The van der Waals surface area contributed by atoms with Crippen LogP contribution in [0.5, 0.6) is 5.75 Å². The van der Waals surface area contributed by atoms with Crippen molar-refractivity contribution in [2.24, 2.45) is 5.10 Å². The molecule has 0 atom stereocenters. The van der Waals surface area contributed by atoms with E-state index in [1.165, 1.54) is 18.3 Å². The zero-order chi connectivity index (χ0) is 16.8. The van der Waals surface area contributed by atoms with Gasteiger partial charge in [-0.3, -0.25) is 5.43 Å². The number of ether oxygens (including phenoxy) is 1. The first-order chi connectivity index (χ1) is 11.0. The van der Waals surface area contributed by atoms with E-state index < -0.39 is 11.9 Å². The zero-order valence-corrected chi connectivity index (χ0v) is 12.2. The number of hydrogen-bond donors (Lipinski definition) is 3. The number of carbonyl (C=O) groups is 2. The van der Waals surface area contributed by atoms with Gasteiger partial charge in [0.05, 0.1) is 30.1 Å². The van der Waals surface area contributed by atoms with E-state index in [1.807, 2.05) is 0 Å². The van der Waals surface area contributed by atoms with Gasteiger partial charge < -0.3 is 14.9 Å². The monoisotopic (exact) mass is 314 g/mol.